The molecule has 0 amide bonds. The first-order valence-electron chi connectivity index (χ1n) is 9.58. The minimum Gasteiger partial charge on any atom is -0.340 e. The normalized spacial score (nSPS) is 11.6. The van der Waals surface area contributed by atoms with Crippen molar-refractivity contribution < 1.29 is 0 Å². The van der Waals surface area contributed by atoms with Crippen LogP contribution in [0.15, 0.2) is 72.1 Å². The van der Waals surface area contributed by atoms with Gasteiger partial charge in [0, 0.05) is 29.0 Å². The summed E-state index contributed by atoms with van der Waals surface area (Å²) in [5.74, 6) is 0.840. The number of thioether (sulfide) groups is 1. The van der Waals surface area contributed by atoms with Gasteiger partial charge in [0.15, 0.2) is 5.16 Å². The number of nitrogens with one attached hydrogen (secondary N) is 1. The molecule has 0 unspecified atom stereocenters. The van der Waals surface area contributed by atoms with Crippen LogP contribution in [0.1, 0.15) is 26.3 Å². The second-order valence-electron chi connectivity index (χ2n) is 7.95. The zero-order valence-corrected chi connectivity index (χ0v) is 17.9. The molecule has 4 aromatic rings. The van der Waals surface area contributed by atoms with Crippen molar-refractivity contribution in [3.63, 3.8) is 0 Å². The first-order valence-corrected chi connectivity index (χ1v) is 10.8. The summed E-state index contributed by atoms with van der Waals surface area (Å²) in [5, 5.41) is 6.41. The molecule has 0 aliphatic rings. The van der Waals surface area contributed by atoms with Crippen molar-refractivity contribution in [3.05, 3.63) is 72.6 Å². The van der Waals surface area contributed by atoms with Gasteiger partial charge in [0.05, 0.1) is 5.69 Å². The Morgan fingerprint density at radius 3 is 2.28 bits per heavy atom. The molecular weight excluding hydrogens is 376 g/mol. The number of hydrogen-bond acceptors (Lipinski definition) is 5. The highest BCUT2D eigenvalue weighted by molar-refractivity contribution is 7.98. The van der Waals surface area contributed by atoms with Crippen molar-refractivity contribution in [1.82, 2.24) is 15.0 Å². The monoisotopic (exact) mass is 400 g/mol. The average Bonchev–Trinajstić information content (AvgIpc) is 2.74. The van der Waals surface area contributed by atoms with Crippen LogP contribution < -0.4 is 5.32 Å². The SMILES string of the molecule is CSc1nccc(-c2cnc(Nc3ccc(C(C)(C)C)cc3)c3ccccc23)n1. The lowest BCUT2D eigenvalue weighted by Crippen LogP contribution is -2.10. The molecule has 0 spiro atoms. The fourth-order valence-electron chi connectivity index (χ4n) is 3.28. The molecule has 29 heavy (non-hydrogen) atoms. The Hall–Kier alpha value is -2.92. The minimum atomic E-state index is 0.137. The summed E-state index contributed by atoms with van der Waals surface area (Å²) in [6.07, 6.45) is 5.67. The number of nitrogens with zero attached hydrogens (tertiary/aromatic N) is 3. The number of aromatic nitrogens is 3. The molecule has 0 radical (unpaired) electrons. The first-order chi connectivity index (χ1) is 14.0. The lowest BCUT2D eigenvalue weighted by molar-refractivity contribution is 0.590. The molecule has 2 aromatic carbocycles. The number of hydrogen-bond donors (Lipinski definition) is 1. The first kappa shape index (κ1) is 19.4. The minimum absolute atomic E-state index is 0.137. The fourth-order valence-corrected chi connectivity index (χ4v) is 3.63. The van der Waals surface area contributed by atoms with E-state index in [9.17, 15) is 0 Å². The Bertz CT molecular complexity index is 1150. The molecule has 0 saturated heterocycles. The van der Waals surface area contributed by atoms with E-state index in [1.807, 2.05) is 30.7 Å². The van der Waals surface area contributed by atoms with Gasteiger partial charge in [0.1, 0.15) is 5.82 Å². The molecule has 0 fully saturated rings. The van der Waals surface area contributed by atoms with E-state index < -0.39 is 0 Å². The van der Waals surface area contributed by atoms with Gasteiger partial charge in [0.25, 0.3) is 0 Å². The Kier molecular flexibility index (Phi) is 5.24. The zero-order chi connectivity index (χ0) is 20.4. The lowest BCUT2D eigenvalue weighted by atomic mass is 9.87. The summed E-state index contributed by atoms with van der Waals surface area (Å²) in [5.41, 5.74) is 4.36. The van der Waals surface area contributed by atoms with Crippen LogP contribution in [0.3, 0.4) is 0 Å². The summed E-state index contributed by atoms with van der Waals surface area (Å²) in [4.78, 5) is 13.7. The molecule has 0 saturated carbocycles. The number of anilines is 2. The van der Waals surface area contributed by atoms with Gasteiger partial charge in [-0.25, -0.2) is 15.0 Å². The van der Waals surface area contributed by atoms with Crippen LogP contribution in [0, 0.1) is 0 Å². The quantitative estimate of drug-likeness (QED) is 0.315. The van der Waals surface area contributed by atoms with Crippen LogP contribution in [0.4, 0.5) is 11.5 Å². The lowest BCUT2D eigenvalue weighted by Gasteiger charge is -2.19. The van der Waals surface area contributed by atoms with Gasteiger partial charge in [-0.3, -0.25) is 0 Å². The van der Waals surface area contributed by atoms with Gasteiger partial charge in [-0.1, -0.05) is 68.9 Å². The summed E-state index contributed by atoms with van der Waals surface area (Å²) >= 11 is 1.54. The van der Waals surface area contributed by atoms with Crippen LogP contribution in [0.2, 0.25) is 0 Å². The topological polar surface area (TPSA) is 50.7 Å². The third-order valence-electron chi connectivity index (χ3n) is 4.90. The molecule has 0 aliphatic carbocycles. The average molecular weight is 401 g/mol. The molecule has 0 bridgehead atoms. The van der Waals surface area contributed by atoms with E-state index in [0.29, 0.717) is 0 Å². The van der Waals surface area contributed by atoms with Gasteiger partial charge < -0.3 is 5.32 Å². The van der Waals surface area contributed by atoms with E-state index in [1.165, 1.54) is 17.3 Å². The fraction of sp³-hybridized carbons (Fsp3) is 0.208. The van der Waals surface area contributed by atoms with Gasteiger partial charge in [-0.15, -0.1) is 0 Å². The van der Waals surface area contributed by atoms with Crippen molar-refractivity contribution in [3.8, 4) is 11.3 Å². The van der Waals surface area contributed by atoms with E-state index in [4.69, 9.17) is 4.98 Å². The van der Waals surface area contributed by atoms with E-state index in [-0.39, 0.29) is 5.41 Å². The molecule has 4 rings (SSSR count). The standard InChI is InChI=1S/C24H24N4S/c1-24(2,3)16-9-11-17(12-10-16)27-22-19-8-6-5-7-18(19)20(15-26-22)21-13-14-25-23(28-21)29-4/h5-15H,1-4H3,(H,26,27). The molecule has 146 valence electrons. The zero-order valence-electron chi connectivity index (χ0n) is 17.1. The van der Waals surface area contributed by atoms with Gasteiger partial charge in [-0.2, -0.15) is 0 Å². The van der Waals surface area contributed by atoms with Crippen molar-refractivity contribution in [2.45, 2.75) is 31.3 Å². The summed E-state index contributed by atoms with van der Waals surface area (Å²) in [6, 6.07) is 18.8. The second kappa shape index (κ2) is 7.84. The molecule has 2 aromatic heterocycles. The van der Waals surface area contributed by atoms with E-state index in [0.717, 1.165) is 38.7 Å². The Morgan fingerprint density at radius 1 is 0.862 bits per heavy atom. The van der Waals surface area contributed by atoms with Gasteiger partial charge >= 0.3 is 0 Å². The summed E-state index contributed by atoms with van der Waals surface area (Å²) in [6.45, 7) is 6.66. The van der Waals surface area contributed by atoms with Crippen molar-refractivity contribution >= 4 is 34.0 Å². The highest BCUT2D eigenvalue weighted by atomic mass is 32.2. The van der Waals surface area contributed by atoms with Crippen molar-refractivity contribution in [2.75, 3.05) is 11.6 Å². The van der Waals surface area contributed by atoms with E-state index >= 15 is 0 Å². The second-order valence-corrected chi connectivity index (χ2v) is 8.72. The van der Waals surface area contributed by atoms with E-state index in [1.54, 1.807) is 6.20 Å². The maximum Gasteiger partial charge on any atom is 0.187 e. The number of rotatable bonds is 4. The smallest absolute Gasteiger partial charge is 0.187 e. The van der Waals surface area contributed by atoms with Gasteiger partial charge in [0.2, 0.25) is 0 Å². The molecular formula is C24H24N4S. The molecule has 2 heterocycles. The number of pyridine rings is 1. The molecule has 1 N–H and O–H groups in total. The molecule has 5 heteroatoms. The maximum atomic E-state index is 4.73. The third kappa shape index (κ3) is 4.10. The van der Waals surface area contributed by atoms with Crippen molar-refractivity contribution in [2.24, 2.45) is 0 Å². The highest BCUT2D eigenvalue weighted by Crippen LogP contribution is 2.33. The van der Waals surface area contributed by atoms with Gasteiger partial charge in [-0.05, 0) is 40.8 Å². The molecule has 0 atom stereocenters. The van der Waals surface area contributed by atoms with Crippen LogP contribution in [-0.2, 0) is 5.41 Å². The Labute approximate surface area is 175 Å². The molecule has 4 nitrogen and oxygen atoms in total. The summed E-state index contributed by atoms with van der Waals surface area (Å²) in [7, 11) is 0. The highest BCUT2D eigenvalue weighted by Gasteiger charge is 2.14. The van der Waals surface area contributed by atoms with Crippen molar-refractivity contribution in [1.29, 1.82) is 0 Å². The number of fused-ring (bicyclic) bond motifs is 1. The van der Waals surface area contributed by atoms with Crippen LogP contribution >= 0.6 is 11.8 Å². The largest absolute Gasteiger partial charge is 0.340 e. The molecule has 0 aliphatic heterocycles. The predicted octanol–water partition coefficient (Wildman–Crippen LogP) is 6.45. The van der Waals surface area contributed by atoms with E-state index in [2.05, 4.69) is 72.5 Å². The Balaban J connectivity index is 1.73. The Morgan fingerprint density at radius 2 is 1.59 bits per heavy atom. The summed E-state index contributed by atoms with van der Waals surface area (Å²) < 4.78 is 0. The maximum absolute atomic E-state index is 4.73. The number of benzene rings is 2. The van der Waals surface area contributed by atoms with Crippen LogP contribution in [-0.4, -0.2) is 21.2 Å². The third-order valence-corrected chi connectivity index (χ3v) is 5.46. The predicted molar refractivity (Wildman–Crippen MR) is 123 cm³/mol. The van der Waals surface area contributed by atoms with Crippen LogP contribution in [0.5, 0.6) is 0 Å². The van der Waals surface area contributed by atoms with Crippen LogP contribution in [0.25, 0.3) is 22.0 Å².